The first-order valence-electron chi connectivity index (χ1n) is 10.0. The summed E-state index contributed by atoms with van der Waals surface area (Å²) in [6.45, 7) is 5.40. The number of aryl methyl sites for hydroxylation is 3. The number of rotatable bonds is 5. The fraction of sp³-hybridized carbons (Fsp3) is 0.154. The highest BCUT2D eigenvalue weighted by molar-refractivity contribution is 6.36. The number of fused-ring (bicyclic) bond motifs is 1. The van der Waals surface area contributed by atoms with Crippen molar-refractivity contribution in [3.63, 3.8) is 0 Å². The third-order valence-corrected chi connectivity index (χ3v) is 5.72. The molecule has 0 unspecified atom stereocenters. The van der Waals surface area contributed by atoms with Crippen molar-refractivity contribution in [3.8, 4) is 17.1 Å². The van der Waals surface area contributed by atoms with Gasteiger partial charge >= 0.3 is 0 Å². The fourth-order valence-corrected chi connectivity index (χ4v) is 4.10. The van der Waals surface area contributed by atoms with Gasteiger partial charge < -0.3 is 9.15 Å². The maximum atomic E-state index is 13.4. The second kappa shape index (κ2) is 8.81. The summed E-state index contributed by atoms with van der Waals surface area (Å²) in [5.74, 6) is -0.101. The van der Waals surface area contributed by atoms with Crippen LogP contribution in [0, 0.1) is 20.8 Å². The van der Waals surface area contributed by atoms with Crippen LogP contribution >= 0.6 is 23.2 Å². The Hall–Kier alpha value is -3.08. The average Bonchev–Trinajstić information content (AvgIpc) is 2.74. The third-order valence-electron chi connectivity index (χ3n) is 5.17. The summed E-state index contributed by atoms with van der Waals surface area (Å²) in [5.41, 5.74) is 3.96. The van der Waals surface area contributed by atoms with Gasteiger partial charge in [-0.05, 0) is 56.2 Å². The molecule has 0 aliphatic rings. The molecule has 0 fully saturated rings. The van der Waals surface area contributed by atoms with Crippen molar-refractivity contribution < 1.29 is 13.9 Å². The molecule has 4 rings (SSSR count). The summed E-state index contributed by atoms with van der Waals surface area (Å²) >= 11 is 12.1. The lowest BCUT2D eigenvalue weighted by atomic mass is 10.0. The van der Waals surface area contributed by atoms with Crippen molar-refractivity contribution in [1.29, 1.82) is 0 Å². The summed E-state index contributed by atoms with van der Waals surface area (Å²) < 4.78 is 12.0. The summed E-state index contributed by atoms with van der Waals surface area (Å²) in [6.07, 6.45) is 0. The Morgan fingerprint density at radius 2 is 1.66 bits per heavy atom. The van der Waals surface area contributed by atoms with Crippen molar-refractivity contribution >= 4 is 40.0 Å². The summed E-state index contributed by atoms with van der Waals surface area (Å²) in [5, 5.41) is 1.06. The molecule has 162 valence electrons. The number of hydrogen-bond donors (Lipinski definition) is 0. The Bertz CT molecular complexity index is 1400. The third kappa shape index (κ3) is 4.29. The van der Waals surface area contributed by atoms with E-state index in [4.69, 9.17) is 32.4 Å². The average molecular weight is 467 g/mol. The Labute approximate surface area is 195 Å². The molecule has 0 saturated carbocycles. The highest BCUT2D eigenvalue weighted by Crippen LogP contribution is 2.33. The zero-order valence-electron chi connectivity index (χ0n) is 17.8. The topological polar surface area (TPSA) is 56.5 Å². The SMILES string of the molecule is Cc1ccc(-c2oc3c(C)cc(C)cc3c(=O)c2OCC(=O)c2ccc(Cl)cc2Cl)cc1. The standard InChI is InChI=1S/C26H20Cl2O4/c1-14-4-6-17(7-5-14)25-26(23(30)20-11-15(2)10-16(3)24(20)32-25)31-13-22(29)19-9-8-18(27)12-21(19)28/h4-12H,13H2,1-3H3. The van der Waals surface area contributed by atoms with Gasteiger partial charge in [-0.15, -0.1) is 0 Å². The number of halogens is 2. The number of benzene rings is 3. The van der Waals surface area contributed by atoms with Gasteiger partial charge in [0.2, 0.25) is 17.0 Å². The lowest BCUT2D eigenvalue weighted by Crippen LogP contribution is -2.17. The molecule has 1 aromatic heterocycles. The quantitative estimate of drug-likeness (QED) is 0.298. The van der Waals surface area contributed by atoms with E-state index in [0.29, 0.717) is 21.6 Å². The van der Waals surface area contributed by atoms with Gasteiger partial charge in [0.15, 0.2) is 12.4 Å². The van der Waals surface area contributed by atoms with Crippen LogP contribution in [0.5, 0.6) is 5.75 Å². The van der Waals surface area contributed by atoms with E-state index in [1.165, 1.54) is 12.1 Å². The number of ketones is 1. The van der Waals surface area contributed by atoms with Crippen molar-refractivity contribution in [2.45, 2.75) is 20.8 Å². The van der Waals surface area contributed by atoms with Gasteiger partial charge in [0.1, 0.15) is 5.58 Å². The van der Waals surface area contributed by atoms with Crippen LogP contribution in [-0.2, 0) is 0 Å². The molecular formula is C26H20Cl2O4. The molecule has 6 heteroatoms. The second-order valence-corrected chi connectivity index (χ2v) is 8.59. The Morgan fingerprint density at radius 3 is 2.34 bits per heavy atom. The van der Waals surface area contributed by atoms with Crippen molar-refractivity contribution in [2.24, 2.45) is 0 Å². The van der Waals surface area contributed by atoms with Crippen LogP contribution in [0.1, 0.15) is 27.0 Å². The highest BCUT2D eigenvalue weighted by Gasteiger charge is 2.21. The number of Topliss-reactive ketones (excluding diaryl/α,β-unsaturated/α-hetero) is 1. The molecule has 32 heavy (non-hydrogen) atoms. The number of hydrogen-bond acceptors (Lipinski definition) is 4. The molecule has 0 saturated heterocycles. The molecule has 0 aliphatic heterocycles. The van der Waals surface area contributed by atoms with Gasteiger partial charge in [0.05, 0.1) is 10.4 Å². The zero-order valence-corrected chi connectivity index (χ0v) is 19.3. The van der Waals surface area contributed by atoms with E-state index in [9.17, 15) is 9.59 Å². The molecule has 3 aromatic carbocycles. The minimum absolute atomic E-state index is 0.00945. The van der Waals surface area contributed by atoms with Gasteiger partial charge in [0, 0.05) is 16.1 Å². The minimum atomic E-state index is -0.374. The molecule has 1 heterocycles. The van der Waals surface area contributed by atoms with E-state index in [1.807, 2.05) is 51.1 Å². The second-order valence-electron chi connectivity index (χ2n) is 7.75. The predicted molar refractivity (Wildman–Crippen MR) is 128 cm³/mol. The van der Waals surface area contributed by atoms with E-state index >= 15 is 0 Å². The molecule has 0 N–H and O–H groups in total. The van der Waals surface area contributed by atoms with Crippen molar-refractivity contribution in [1.82, 2.24) is 0 Å². The normalized spacial score (nSPS) is 11.0. The van der Waals surface area contributed by atoms with E-state index in [0.717, 1.165) is 16.7 Å². The van der Waals surface area contributed by atoms with E-state index in [-0.39, 0.29) is 39.9 Å². The van der Waals surface area contributed by atoms with Crippen LogP contribution in [-0.4, -0.2) is 12.4 Å². The first-order valence-corrected chi connectivity index (χ1v) is 10.8. The Kier molecular flexibility index (Phi) is 6.09. The molecule has 4 aromatic rings. The molecular weight excluding hydrogens is 447 g/mol. The number of carbonyl (C=O) groups is 1. The van der Waals surface area contributed by atoms with E-state index in [1.54, 1.807) is 12.1 Å². The summed E-state index contributed by atoms with van der Waals surface area (Å²) in [6, 6.07) is 15.9. The number of ether oxygens (including phenoxy) is 1. The van der Waals surface area contributed by atoms with Gasteiger partial charge in [0.25, 0.3) is 0 Å². The van der Waals surface area contributed by atoms with Crippen molar-refractivity contribution in [2.75, 3.05) is 6.61 Å². The van der Waals surface area contributed by atoms with Crippen LogP contribution in [0.3, 0.4) is 0 Å². The molecule has 4 nitrogen and oxygen atoms in total. The van der Waals surface area contributed by atoms with Gasteiger partial charge in [-0.2, -0.15) is 0 Å². The zero-order chi connectivity index (χ0) is 23.0. The summed E-state index contributed by atoms with van der Waals surface area (Å²) in [4.78, 5) is 26.2. The molecule has 0 atom stereocenters. The van der Waals surface area contributed by atoms with Gasteiger partial charge in [-0.1, -0.05) is 59.1 Å². The predicted octanol–water partition coefficient (Wildman–Crippen LogP) is 6.95. The smallest absolute Gasteiger partial charge is 0.235 e. The lowest BCUT2D eigenvalue weighted by Gasteiger charge is -2.13. The Morgan fingerprint density at radius 1 is 0.938 bits per heavy atom. The van der Waals surface area contributed by atoms with Gasteiger partial charge in [-0.25, -0.2) is 0 Å². The van der Waals surface area contributed by atoms with Crippen molar-refractivity contribution in [3.05, 3.63) is 97.1 Å². The minimum Gasteiger partial charge on any atom is -0.478 e. The lowest BCUT2D eigenvalue weighted by molar-refractivity contribution is 0.0920. The molecule has 0 radical (unpaired) electrons. The van der Waals surface area contributed by atoms with Gasteiger partial charge in [-0.3, -0.25) is 9.59 Å². The molecule has 0 aliphatic carbocycles. The van der Waals surface area contributed by atoms with E-state index < -0.39 is 0 Å². The van der Waals surface area contributed by atoms with E-state index in [2.05, 4.69) is 0 Å². The monoisotopic (exact) mass is 466 g/mol. The van der Waals surface area contributed by atoms with Crippen LogP contribution in [0.2, 0.25) is 10.0 Å². The first-order chi connectivity index (χ1) is 15.2. The van der Waals surface area contributed by atoms with Crippen LogP contribution in [0.4, 0.5) is 0 Å². The molecule has 0 spiro atoms. The number of carbonyl (C=O) groups excluding carboxylic acids is 1. The highest BCUT2D eigenvalue weighted by atomic mass is 35.5. The van der Waals surface area contributed by atoms with Crippen LogP contribution in [0.15, 0.2) is 63.8 Å². The largest absolute Gasteiger partial charge is 0.478 e. The fourth-order valence-electron chi connectivity index (χ4n) is 3.59. The Balaban J connectivity index is 1.82. The maximum absolute atomic E-state index is 13.4. The molecule has 0 bridgehead atoms. The first kappa shape index (κ1) is 22.1. The summed E-state index contributed by atoms with van der Waals surface area (Å²) in [7, 11) is 0. The maximum Gasteiger partial charge on any atom is 0.235 e. The molecule has 0 amide bonds. The van der Waals surface area contributed by atoms with Crippen LogP contribution < -0.4 is 10.2 Å². The van der Waals surface area contributed by atoms with Crippen LogP contribution in [0.25, 0.3) is 22.3 Å².